The van der Waals surface area contributed by atoms with Crippen LogP contribution >= 0.6 is 11.3 Å². The maximum Gasteiger partial charge on any atom is 0.354 e. The molecular formula is C25H37N3O3S2Si. The molecule has 1 heterocycles. The summed E-state index contributed by atoms with van der Waals surface area (Å²) in [5.41, 5.74) is 5.53. The zero-order chi connectivity index (χ0) is 25.1. The van der Waals surface area contributed by atoms with Gasteiger partial charge in [0.2, 0.25) is 0 Å². The number of fused-ring (bicyclic) bond motifs is 2. The van der Waals surface area contributed by atoms with Gasteiger partial charge < -0.3 is 10.4 Å². The van der Waals surface area contributed by atoms with Crippen molar-refractivity contribution in [1.82, 2.24) is 4.39 Å². The Morgan fingerprint density at radius 3 is 2.26 bits per heavy atom. The third kappa shape index (κ3) is 4.77. The lowest BCUT2D eigenvalue weighted by molar-refractivity contribution is 0.0789. The molecule has 6 nitrogen and oxygen atoms in total. The molecule has 4 rings (SSSR count). The van der Waals surface area contributed by atoms with E-state index >= 15 is 0 Å². The Morgan fingerprint density at radius 1 is 1.06 bits per heavy atom. The number of urea groups is 1. The fraction of sp³-hybridized carbons (Fsp3) is 0.560. The molecule has 0 aliphatic heterocycles. The van der Waals surface area contributed by atoms with Gasteiger partial charge in [0.15, 0.2) is 0 Å². The number of anilines is 1. The van der Waals surface area contributed by atoms with Crippen molar-refractivity contribution in [2.45, 2.75) is 94.7 Å². The first-order chi connectivity index (χ1) is 15.6. The monoisotopic (exact) mass is 519 g/mol. The number of aryl methyl sites for hydroxylation is 2. The zero-order valence-corrected chi connectivity index (χ0v) is 23.9. The maximum atomic E-state index is 14.4. The van der Waals surface area contributed by atoms with E-state index < -0.39 is 29.8 Å². The molecule has 0 bridgehead atoms. The molecule has 1 atom stereocenters. The van der Waals surface area contributed by atoms with Gasteiger partial charge in [-0.25, -0.2) is 13.4 Å². The van der Waals surface area contributed by atoms with E-state index in [1.807, 2.05) is 0 Å². The predicted octanol–water partition coefficient (Wildman–Crippen LogP) is 6.13. The van der Waals surface area contributed by atoms with Crippen LogP contribution in [-0.2, 0) is 41.2 Å². The molecule has 1 unspecified atom stereocenters. The average molecular weight is 520 g/mol. The van der Waals surface area contributed by atoms with Crippen LogP contribution in [0.5, 0.6) is 0 Å². The van der Waals surface area contributed by atoms with Crippen LogP contribution in [-0.4, -0.2) is 23.6 Å². The van der Waals surface area contributed by atoms with Gasteiger partial charge in [-0.15, -0.1) is 15.7 Å². The van der Waals surface area contributed by atoms with Crippen LogP contribution in [0.2, 0.25) is 18.1 Å². The lowest BCUT2D eigenvalue weighted by Gasteiger charge is -2.37. The van der Waals surface area contributed by atoms with Crippen LogP contribution in [0.15, 0.2) is 26.1 Å². The molecule has 186 valence electrons. The van der Waals surface area contributed by atoms with E-state index in [2.05, 4.69) is 54.0 Å². The number of amides is 2. The van der Waals surface area contributed by atoms with Crippen molar-refractivity contribution >= 4 is 41.2 Å². The van der Waals surface area contributed by atoms with Crippen molar-refractivity contribution < 1.29 is 14.1 Å². The number of hydrogen-bond donors (Lipinski definition) is 3. The number of nitrogens with one attached hydrogen (secondary N) is 2. The summed E-state index contributed by atoms with van der Waals surface area (Å²) in [7, 11) is -5.55. The molecule has 0 spiro atoms. The number of thiophene rings is 1. The van der Waals surface area contributed by atoms with Crippen molar-refractivity contribution in [3.8, 4) is 0 Å². The third-order valence-corrected chi connectivity index (χ3v) is 17.2. The smallest absolute Gasteiger partial charge is 0.354 e. The average Bonchev–Trinajstić information content (AvgIpc) is 3.32. The topological polar surface area (TPSA) is 90.8 Å². The molecule has 1 aromatic heterocycles. The van der Waals surface area contributed by atoms with Gasteiger partial charge in [-0.2, -0.15) is 0 Å². The second-order valence-electron chi connectivity index (χ2n) is 11.6. The van der Waals surface area contributed by atoms with Crippen molar-refractivity contribution in [1.29, 1.82) is 0 Å². The molecule has 0 fully saturated rings. The highest BCUT2D eigenvalue weighted by Crippen LogP contribution is 2.40. The fourth-order valence-corrected chi connectivity index (χ4v) is 11.4. The minimum atomic E-state index is -3.25. The van der Waals surface area contributed by atoms with Gasteiger partial charge in [0.1, 0.15) is 22.4 Å². The van der Waals surface area contributed by atoms with Gasteiger partial charge in [-0.05, 0) is 90.3 Å². The van der Waals surface area contributed by atoms with Crippen molar-refractivity contribution in [2.24, 2.45) is 4.36 Å². The van der Waals surface area contributed by atoms with Crippen LogP contribution in [0, 0.1) is 0 Å². The van der Waals surface area contributed by atoms with E-state index in [0.29, 0.717) is 9.77 Å². The zero-order valence-electron chi connectivity index (χ0n) is 21.3. The third-order valence-electron chi connectivity index (χ3n) is 7.51. The number of carbonyl (C=O) groups excluding carboxylic acids is 1. The Kier molecular flexibility index (Phi) is 6.43. The number of carbonyl (C=O) groups is 1. The van der Waals surface area contributed by atoms with E-state index in [4.69, 9.17) is 0 Å². The van der Waals surface area contributed by atoms with Crippen molar-refractivity contribution in [2.75, 3.05) is 5.32 Å². The molecule has 2 amide bonds. The van der Waals surface area contributed by atoms with Crippen molar-refractivity contribution in [3.63, 3.8) is 0 Å². The molecule has 2 aliphatic carbocycles. The quantitative estimate of drug-likeness (QED) is 0.415. The Balaban J connectivity index is 1.75. The summed E-state index contributed by atoms with van der Waals surface area (Å²) in [5.74, 6) is 0. The first kappa shape index (κ1) is 25.6. The molecule has 0 radical (unpaired) electrons. The highest BCUT2D eigenvalue weighted by Gasteiger charge is 2.40. The summed E-state index contributed by atoms with van der Waals surface area (Å²) in [4.78, 5) is 13.3. The first-order valence-electron chi connectivity index (χ1n) is 12.0. The van der Waals surface area contributed by atoms with Gasteiger partial charge in [-0.1, -0.05) is 39.9 Å². The minimum Gasteiger partial charge on any atom is -0.386 e. The normalized spacial score (nSPS) is 17.4. The number of nitrogens with zero attached hydrogens (tertiary/aromatic N) is 1. The van der Waals surface area contributed by atoms with Crippen LogP contribution in [0.25, 0.3) is 0 Å². The van der Waals surface area contributed by atoms with Crippen LogP contribution in [0.3, 0.4) is 0 Å². The maximum absolute atomic E-state index is 14.4. The number of hydrogen-bond acceptors (Lipinski definition) is 4. The van der Waals surface area contributed by atoms with E-state index in [9.17, 15) is 14.1 Å². The van der Waals surface area contributed by atoms with E-state index in [1.165, 1.54) is 33.6 Å². The van der Waals surface area contributed by atoms with Crippen LogP contribution in [0.4, 0.5) is 10.5 Å². The molecule has 1 aromatic carbocycles. The summed E-state index contributed by atoms with van der Waals surface area (Å²) in [5, 5.41) is 15.2. The SMILES string of the molecule is CC(C)(O)c1csc(S(=O)(=NC(=O)Nc2c3c(cc4c2CC4)CCC3)N[Si](C)(C)C(C)(C)C)c1. The molecule has 0 saturated carbocycles. The Bertz CT molecular complexity index is 1260. The van der Waals surface area contributed by atoms with Gasteiger partial charge in [0.25, 0.3) is 0 Å². The summed E-state index contributed by atoms with van der Waals surface area (Å²) < 4.78 is 22.6. The highest BCUT2D eigenvalue weighted by molar-refractivity contribution is 7.95. The minimum absolute atomic E-state index is 0.110. The molecule has 2 aromatic rings. The lowest BCUT2D eigenvalue weighted by Crippen LogP contribution is -2.54. The van der Waals surface area contributed by atoms with Gasteiger partial charge in [0, 0.05) is 5.69 Å². The van der Waals surface area contributed by atoms with E-state index in [1.54, 1.807) is 25.3 Å². The number of aliphatic hydroxyl groups is 1. The molecule has 2 aliphatic rings. The highest BCUT2D eigenvalue weighted by atomic mass is 32.2. The Hall–Kier alpha value is -1.52. The van der Waals surface area contributed by atoms with Crippen LogP contribution in [0.1, 0.15) is 68.9 Å². The fourth-order valence-electron chi connectivity index (χ4n) is 4.24. The summed E-state index contributed by atoms with van der Waals surface area (Å²) in [6.07, 6.45) is 5.09. The number of rotatable bonds is 5. The Labute approximate surface area is 209 Å². The number of benzene rings is 1. The predicted molar refractivity (Wildman–Crippen MR) is 144 cm³/mol. The van der Waals surface area contributed by atoms with Gasteiger partial charge in [-0.3, -0.25) is 0 Å². The second-order valence-corrected chi connectivity index (χ2v) is 20.0. The van der Waals surface area contributed by atoms with Crippen LogP contribution < -0.4 is 9.70 Å². The lowest BCUT2D eigenvalue weighted by atomic mass is 9.83. The molecular weight excluding hydrogens is 483 g/mol. The largest absolute Gasteiger partial charge is 0.386 e. The standard InChI is InChI=1S/C25H37N3O3S2Si/c1-24(2,3)34(6,7)28-33(31,21-14-18(15-32-21)25(4,5)30)27-23(29)26-22-19-10-8-9-16(19)13-17-11-12-20(17)22/h13-15,30H,8-12H2,1-7H3,(H2,26,27,28,29,31). The summed E-state index contributed by atoms with van der Waals surface area (Å²) in [6.45, 7) is 14.0. The first-order valence-corrected chi connectivity index (χ1v) is 17.4. The summed E-state index contributed by atoms with van der Waals surface area (Å²) in [6, 6.07) is 3.43. The van der Waals surface area contributed by atoms with Crippen molar-refractivity contribution in [3.05, 3.63) is 45.3 Å². The molecule has 9 heteroatoms. The second kappa shape index (κ2) is 8.55. The summed E-state index contributed by atoms with van der Waals surface area (Å²) >= 11 is 1.27. The molecule has 3 N–H and O–H groups in total. The molecule has 34 heavy (non-hydrogen) atoms. The van der Waals surface area contributed by atoms with Gasteiger partial charge in [0.05, 0.1) is 5.60 Å². The molecule has 0 saturated heterocycles. The van der Waals surface area contributed by atoms with E-state index in [0.717, 1.165) is 37.8 Å². The van der Waals surface area contributed by atoms with E-state index in [-0.39, 0.29) is 5.04 Å². The Morgan fingerprint density at radius 2 is 1.71 bits per heavy atom. The van der Waals surface area contributed by atoms with Gasteiger partial charge >= 0.3 is 6.03 Å².